The summed E-state index contributed by atoms with van der Waals surface area (Å²) in [5.41, 5.74) is 3.58. The molecule has 7 aromatic rings. The summed E-state index contributed by atoms with van der Waals surface area (Å²) in [5, 5.41) is 6.19. The molecule has 0 aliphatic rings. The van der Waals surface area contributed by atoms with Crippen LogP contribution < -0.4 is 19.2 Å². The van der Waals surface area contributed by atoms with Crippen molar-refractivity contribution in [2.45, 2.75) is 0 Å². The normalized spacial score (nSPS) is 12.8. The predicted octanol–water partition coefficient (Wildman–Crippen LogP) is 6.38. The molecule has 7 rings (SSSR count). The predicted molar refractivity (Wildman–Crippen MR) is 186 cm³/mol. The van der Waals surface area contributed by atoms with Crippen LogP contribution in [0, 0.1) is 0 Å². The van der Waals surface area contributed by atoms with E-state index in [0.717, 1.165) is 11.4 Å². The lowest BCUT2D eigenvalue weighted by molar-refractivity contribution is 0.0928. The number of para-hydroxylation sites is 4. The molecule has 2 N–H and O–H groups in total. The number of nitrogens with zero attached hydrogens (tertiary/aromatic N) is 6. The molecular weight excluding hydrogens is 641 g/mol. The van der Waals surface area contributed by atoms with E-state index in [1.807, 2.05) is 121 Å². The summed E-state index contributed by atoms with van der Waals surface area (Å²) in [5.74, 6) is -0.708. The van der Waals surface area contributed by atoms with Crippen molar-refractivity contribution in [3.8, 4) is 0 Å². The molecule has 0 atom stereocenters. The highest BCUT2D eigenvalue weighted by atomic mass is 32.1. The summed E-state index contributed by atoms with van der Waals surface area (Å²) in [7, 11) is 0. The second kappa shape index (κ2) is 14.0. The van der Waals surface area contributed by atoms with Gasteiger partial charge in [0.05, 0.1) is 22.7 Å². The number of H-pyrrole nitrogens is 2. The molecule has 12 heteroatoms. The van der Waals surface area contributed by atoms with E-state index in [4.69, 9.17) is 9.98 Å². The highest BCUT2D eigenvalue weighted by molar-refractivity contribution is 7.06. The Morgan fingerprint density at radius 1 is 0.417 bits per heavy atom. The second-order valence-corrected chi connectivity index (χ2v) is 12.2. The number of carbonyl (C=O) groups is 2. The minimum absolute atomic E-state index is 0.354. The fourth-order valence-electron chi connectivity index (χ4n) is 4.59. The van der Waals surface area contributed by atoms with E-state index < -0.39 is 0 Å². The van der Waals surface area contributed by atoms with E-state index in [2.05, 4.69) is 20.2 Å². The van der Waals surface area contributed by atoms with E-state index in [0.29, 0.717) is 41.7 Å². The maximum absolute atomic E-state index is 13.8. The smallest absolute Gasteiger partial charge is 0.267 e. The molecule has 0 saturated heterocycles. The minimum Gasteiger partial charge on any atom is -0.267 e. The highest BCUT2D eigenvalue weighted by Crippen LogP contribution is 2.13. The first-order valence-corrected chi connectivity index (χ1v) is 16.5. The van der Waals surface area contributed by atoms with E-state index in [1.165, 1.54) is 32.0 Å². The average molecular weight is 667 g/mol. The number of rotatable bonds is 6. The number of benzene rings is 5. The van der Waals surface area contributed by atoms with Crippen LogP contribution in [-0.2, 0) is 0 Å². The number of nitrogens with one attached hydrogen (secondary N) is 2. The lowest BCUT2D eigenvalue weighted by Gasteiger charge is -2.05. The van der Waals surface area contributed by atoms with Gasteiger partial charge in [-0.15, -0.1) is 0 Å². The molecule has 5 aromatic carbocycles. The summed E-state index contributed by atoms with van der Waals surface area (Å²) in [6.45, 7) is 0. The zero-order valence-electron chi connectivity index (χ0n) is 25.2. The average Bonchev–Trinajstić information content (AvgIpc) is 3.72. The number of hydrogen-bond acceptors (Lipinski definition) is 8. The van der Waals surface area contributed by atoms with Crippen molar-refractivity contribution in [2.75, 3.05) is 0 Å². The molecule has 234 valence electrons. The number of hydrogen-bond donors (Lipinski definition) is 2. The second-order valence-electron chi connectivity index (χ2n) is 10.3. The Labute approximate surface area is 281 Å². The third-order valence-electron chi connectivity index (χ3n) is 6.89. The Bertz CT molecular complexity index is 2290. The third-order valence-corrected chi connectivity index (χ3v) is 8.56. The summed E-state index contributed by atoms with van der Waals surface area (Å²) >= 11 is 2.51. The van der Waals surface area contributed by atoms with Crippen molar-refractivity contribution in [1.29, 1.82) is 0 Å². The monoisotopic (exact) mass is 666 g/mol. The number of aromatic nitrogens is 4. The molecule has 0 radical (unpaired) electrons. The molecule has 0 bridgehead atoms. The first-order valence-electron chi connectivity index (χ1n) is 14.8. The van der Waals surface area contributed by atoms with E-state index in [1.54, 1.807) is 24.3 Å². The van der Waals surface area contributed by atoms with Crippen LogP contribution in [0.1, 0.15) is 20.7 Å². The quantitative estimate of drug-likeness (QED) is 0.214. The van der Waals surface area contributed by atoms with Crippen molar-refractivity contribution in [1.82, 2.24) is 19.6 Å². The Hall–Kier alpha value is -6.24. The number of carbonyl (C=O) groups excluding carboxylic acids is 2. The summed E-state index contributed by atoms with van der Waals surface area (Å²) in [6.07, 6.45) is 0. The van der Waals surface area contributed by atoms with Crippen molar-refractivity contribution in [2.24, 2.45) is 20.0 Å². The van der Waals surface area contributed by atoms with Gasteiger partial charge >= 0.3 is 0 Å². The largest absolute Gasteiger partial charge is 0.279 e. The van der Waals surface area contributed by atoms with Gasteiger partial charge in [0.1, 0.15) is 0 Å². The Kier molecular flexibility index (Phi) is 8.89. The highest BCUT2D eigenvalue weighted by Gasteiger charge is 2.16. The van der Waals surface area contributed by atoms with Gasteiger partial charge in [-0.1, -0.05) is 95.5 Å². The molecule has 0 aliphatic carbocycles. The van der Waals surface area contributed by atoms with E-state index in [9.17, 15) is 9.59 Å². The van der Waals surface area contributed by atoms with Crippen LogP contribution in [0.25, 0.3) is 0 Å². The molecule has 10 nitrogen and oxygen atoms in total. The topological polar surface area (TPSA) is 125 Å². The van der Waals surface area contributed by atoms with Gasteiger partial charge in [-0.3, -0.25) is 19.8 Å². The van der Waals surface area contributed by atoms with E-state index in [-0.39, 0.29) is 11.8 Å². The van der Waals surface area contributed by atoms with Crippen LogP contribution in [0.15, 0.2) is 166 Å². The minimum atomic E-state index is -0.354. The molecule has 2 aromatic heterocycles. The summed E-state index contributed by atoms with van der Waals surface area (Å²) < 4.78 is 2.73. The zero-order chi connectivity index (χ0) is 32.7. The molecule has 2 heterocycles. The van der Waals surface area contributed by atoms with Gasteiger partial charge in [0.15, 0.2) is 0 Å². The molecule has 0 spiro atoms. The van der Waals surface area contributed by atoms with Crippen molar-refractivity contribution >= 4 is 57.2 Å². The van der Waals surface area contributed by atoms with Gasteiger partial charge in [-0.05, 0) is 72.8 Å². The van der Waals surface area contributed by atoms with Crippen LogP contribution in [0.3, 0.4) is 0 Å². The molecule has 48 heavy (non-hydrogen) atoms. The van der Waals surface area contributed by atoms with Gasteiger partial charge in [-0.2, -0.15) is 9.36 Å². The third kappa shape index (κ3) is 7.09. The Balaban J connectivity index is 1.24. The maximum Gasteiger partial charge on any atom is 0.279 e. The first-order chi connectivity index (χ1) is 23.6. The lowest BCUT2D eigenvalue weighted by atomic mass is 10.1. The molecular formula is C36H26N8O2S2. The molecule has 0 unspecified atom stereocenters. The van der Waals surface area contributed by atoms with E-state index >= 15 is 0 Å². The Morgan fingerprint density at radius 2 is 0.708 bits per heavy atom. The fraction of sp³-hybridized carbons (Fsp3) is 0. The summed E-state index contributed by atoms with van der Waals surface area (Å²) in [4.78, 5) is 48.2. The van der Waals surface area contributed by atoms with Gasteiger partial charge in [-0.25, -0.2) is 20.0 Å². The van der Waals surface area contributed by atoms with Crippen LogP contribution in [0.4, 0.5) is 22.7 Å². The van der Waals surface area contributed by atoms with Crippen LogP contribution in [-0.4, -0.2) is 31.4 Å². The van der Waals surface area contributed by atoms with Crippen molar-refractivity contribution in [3.63, 3.8) is 0 Å². The molecule has 0 aliphatic heterocycles. The standard InChI is InChI=1S/C36H26N8O2S2/c45-31(43-35(39-29-17-9-3-10-18-29)47-33(41-43)37-27-13-5-1-6-14-27)25-21-23-26(24-22-25)32(46)44-36(40-30-19-11-4-12-20-30)48-34(42-44)38-28-15-7-2-8-16-28/h1-24H,(H,37,41)(H,38,42). The van der Waals surface area contributed by atoms with Crippen LogP contribution in [0.2, 0.25) is 0 Å². The van der Waals surface area contributed by atoms with Crippen LogP contribution in [0.5, 0.6) is 0 Å². The van der Waals surface area contributed by atoms with Gasteiger partial charge in [0.25, 0.3) is 11.8 Å². The van der Waals surface area contributed by atoms with Crippen molar-refractivity contribution in [3.05, 3.63) is 176 Å². The zero-order valence-corrected chi connectivity index (χ0v) is 26.8. The molecule has 0 fully saturated rings. The molecule has 0 amide bonds. The number of aromatic amines is 2. The lowest BCUT2D eigenvalue weighted by Crippen LogP contribution is -2.27. The van der Waals surface area contributed by atoms with Gasteiger partial charge in [0, 0.05) is 11.1 Å². The SMILES string of the molecule is O=C(c1ccc(C(=O)n2[nH]c(=Nc3ccccc3)sc2=Nc2ccccc2)cc1)n1[nH]c(=Nc2ccccc2)sc1=Nc1ccccc1. The van der Waals surface area contributed by atoms with Gasteiger partial charge in [0.2, 0.25) is 19.2 Å². The summed E-state index contributed by atoms with van der Waals surface area (Å²) in [6, 6.07) is 44.2. The van der Waals surface area contributed by atoms with Crippen molar-refractivity contribution < 1.29 is 9.59 Å². The fourth-order valence-corrected chi connectivity index (χ4v) is 6.26. The Morgan fingerprint density at radius 3 is 1.02 bits per heavy atom. The van der Waals surface area contributed by atoms with Crippen LogP contribution >= 0.6 is 22.7 Å². The maximum atomic E-state index is 13.8. The molecule has 0 saturated carbocycles. The first kappa shape index (κ1) is 30.4. The van der Waals surface area contributed by atoms with Gasteiger partial charge < -0.3 is 0 Å².